The van der Waals surface area contributed by atoms with Gasteiger partial charge in [-0.3, -0.25) is 14.4 Å². The lowest BCUT2D eigenvalue weighted by Crippen LogP contribution is -2.15. The zero-order valence-electron chi connectivity index (χ0n) is 15.0. The van der Waals surface area contributed by atoms with E-state index in [4.69, 9.17) is 4.74 Å². The van der Waals surface area contributed by atoms with Gasteiger partial charge in [0, 0.05) is 23.3 Å². The minimum absolute atomic E-state index is 0.164. The highest BCUT2D eigenvalue weighted by molar-refractivity contribution is 6.01. The first kappa shape index (κ1) is 19.2. The first-order valence-corrected chi connectivity index (χ1v) is 8.22. The van der Waals surface area contributed by atoms with Crippen LogP contribution in [-0.2, 0) is 20.7 Å². The summed E-state index contributed by atoms with van der Waals surface area (Å²) in [4.78, 5) is 38.0. The van der Waals surface area contributed by atoms with Crippen LogP contribution in [0.5, 0.6) is 0 Å². The van der Waals surface area contributed by atoms with Crippen LogP contribution in [0.4, 0.5) is 0 Å². The van der Waals surface area contributed by atoms with Crippen molar-refractivity contribution in [3.63, 3.8) is 0 Å². The van der Waals surface area contributed by atoms with Crippen molar-refractivity contribution in [1.82, 2.24) is 10.3 Å². The summed E-state index contributed by atoms with van der Waals surface area (Å²) in [6.07, 6.45) is 6.16. The fourth-order valence-corrected chi connectivity index (χ4v) is 2.83. The van der Waals surface area contributed by atoms with E-state index < -0.39 is 0 Å². The number of allylic oxidation sites excluding steroid dienone is 1. The fourth-order valence-electron chi connectivity index (χ4n) is 2.83. The van der Waals surface area contributed by atoms with E-state index >= 15 is 0 Å². The maximum Gasteiger partial charge on any atom is 0.306 e. The molecule has 1 aromatic heterocycles. The molecule has 0 bridgehead atoms. The smallest absolute Gasteiger partial charge is 0.306 e. The minimum Gasteiger partial charge on any atom is -0.461 e. The Morgan fingerprint density at radius 3 is 2.58 bits per heavy atom. The molecule has 2 rings (SSSR count). The number of carbonyl (C=O) groups excluding carboxylic acids is 3. The van der Waals surface area contributed by atoms with Crippen LogP contribution < -0.4 is 5.32 Å². The van der Waals surface area contributed by atoms with Gasteiger partial charge in [0.15, 0.2) is 6.29 Å². The molecule has 2 N–H and O–H groups in total. The zero-order valence-corrected chi connectivity index (χ0v) is 15.0. The zero-order chi connectivity index (χ0) is 19.3. The fraction of sp³-hybridized carbons (Fsp3) is 0.250. The van der Waals surface area contributed by atoms with E-state index in [0.717, 1.165) is 23.0 Å². The van der Waals surface area contributed by atoms with Crippen LogP contribution in [0.25, 0.3) is 6.08 Å². The van der Waals surface area contributed by atoms with Crippen LogP contribution in [0.2, 0.25) is 0 Å². The third-order valence-corrected chi connectivity index (χ3v) is 4.29. The van der Waals surface area contributed by atoms with E-state index in [1.165, 1.54) is 6.08 Å². The monoisotopic (exact) mass is 354 g/mol. The Bertz CT molecular complexity index is 840. The molecular formula is C20H22N2O4. The number of nitrogens with one attached hydrogen (secondary N) is 2. The highest BCUT2D eigenvalue weighted by Gasteiger charge is 2.22. The molecular weight excluding hydrogens is 332 g/mol. The molecule has 0 aliphatic carbocycles. The lowest BCUT2D eigenvalue weighted by atomic mass is 10.0. The molecule has 1 amide bonds. The number of hydrogen-bond acceptors (Lipinski definition) is 4. The SMILES string of the molecule is C=CCOC(=O)CCc1c(C=O)[nH]c(/C=C2\NC(=O)C(C)=C2C=C)c1C. The molecule has 0 spiro atoms. The van der Waals surface area contributed by atoms with Gasteiger partial charge in [-0.1, -0.05) is 25.3 Å². The van der Waals surface area contributed by atoms with Crippen molar-refractivity contribution in [2.45, 2.75) is 26.7 Å². The van der Waals surface area contributed by atoms with Gasteiger partial charge in [0.05, 0.1) is 11.4 Å². The van der Waals surface area contributed by atoms with Gasteiger partial charge in [-0.15, -0.1) is 0 Å². The summed E-state index contributed by atoms with van der Waals surface area (Å²) < 4.78 is 4.96. The Kier molecular flexibility index (Phi) is 6.11. The average molecular weight is 354 g/mol. The molecule has 0 saturated carbocycles. The van der Waals surface area contributed by atoms with Gasteiger partial charge in [0.25, 0.3) is 5.91 Å². The highest BCUT2D eigenvalue weighted by atomic mass is 16.5. The Labute approximate surface area is 152 Å². The molecule has 0 radical (unpaired) electrons. The molecule has 1 aliphatic heterocycles. The summed E-state index contributed by atoms with van der Waals surface area (Å²) >= 11 is 0. The summed E-state index contributed by atoms with van der Waals surface area (Å²) in [6, 6.07) is 0. The van der Waals surface area contributed by atoms with Crippen molar-refractivity contribution in [2.75, 3.05) is 6.61 Å². The Morgan fingerprint density at radius 1 is 1.23 bits per heavy atom. The second-order valence-corrected chi connectivity index (χ2v) is 5.90. The second-order valence-electron chi connectivity index (χ2n) is 5.90. The van der Waals surface area contributed by atoms with Gasteiger partial charge in [-0.25, -0.2) is 0 Å². The molecule has 1 aromatic rings. The first-order valence-electron chi connectivity index (χ1n) is 8.22. The lowest BCUT2D eigenvalue weighted by molar-refractivity contribution is -0.142. The van der Waals surface area contributed by atoms with Crippen LogP contribution in [0.1, 0.15) is 40.7 Å². The number of ether oxygens (including phenoxy) is 1. The van der Waals surface area contributed by atoms with Gasteiger partial charge >= 0.3 is 5.97 Å². The van der Waals surface area contributed by atoms with Crippen molar-refractivity contribution in [2.24, 2.45) is 0 Å². The van der Waals surface area contributed by atoms with Crippen LogP contribution in [0.15, 0.2) is 42.2 Å². The van der Waals surface area contributed by atoms with E-state index in [9.17, 15) is 14.4 Å². The molecule has 2 heterocycles. The molecule has 1 aliphatic rings. The minimum atomic E-state index is -0.349. The Balaban J connectivity index is 2.28. The van der Waals surface area contributed by atoms with Crippen LogP contribution in [0.3, 0.4) is 0 Å². The Morgan fingerprint density at radius 2 is 1.96 bits per heavy atom. The molecule has 0 fully saturated rings. The molecule has 0 unspecified atom stereocenters. The second kappa shape index (κ2) is 8.29. The molecule has 0 saturated heterocycles. The van der Waals surface area contributed by atoms with Crippen molar-refractivity contribution in [3.8, 4) is 0 Å². The number of rotatable bonds is 8. The van der Waals surface area contributed by atoms with Gasteiger partial charge in [-0.05, 0) is 37.5 Å². The number of aromatic nitrogens is 1. The average Bonchev–Trinajstić information content (AvgIpc) is 3.07. The van der Waals surface area contributed by atoms with Gasteiger partial charge < -0.3 is 15.0 Å². The van der Waals surface area contributed by atoms with E-state index in [0.29, 0.717) is 29.1 Å². The quantitative estimate of drug-likeness (QED) is 0.427. The number of hydrogen-bond donors (Lipinski definition) is 2. The highest BCUT2D eigenvalue weighted by Crippen LogP contribution is 2.26. The van der Waals surface area contributed by atoms with Gasteiger partial charge in [0.2, 0.25) is 0 Å². The van der Waals surface area contributed by atoms with Crippen LogP contribution >= 0.6 is 0 Å². The van der Waals surface area contributed by atoms with Crippen LogP contribution in [-0.4, -0.2) is 29.8 Å². The summed E-state index contributed by atoms with van der Waals surface area (Å²) in [5.74, 6) is -0.519. The largest absolute Gasteiger partial charge is 0.461 e. The number of carbonyl (C=O) groups is 3. The third kappa shape index (κ3) is 3.91. The van der Waals surface area contributed by atoms with Crippen molar-refractivity contribution in [1.29, 1.82) is 0 Å². The third-order valence-electron chi connectivity index (χ3n) is 4.29. The molecule has 136 valence electrons. The van der Waals surface area contributed by atoms with Crippen molar-refractivity contribution < 1.29 is 19.1 Å². The Hall–Kier alpha value is -3.15. The van der Waals surface area contributed by atoms with Gasteiger partial charge in [0.1, 0.15) is 6.61 Å². The molecule has 26 heavy (non-hydrogen) atoms. The van der Waals surface area contributed by atoms with Crippen molar-refractivity contribution in [3.05, 3.63) is 64.7 Å². The molecule has 6 heteroatoms. The molecule has 6 nitrogen and oxygen atoms in total. The summed E-state index contributed by atoms with van der Waals surface area (Å²) in [5.41, 5.74) is 4.66. The normalized spacial score (nSPS) is 15.2. The lowest BCUT2D eigenvalue weighted by Gasteiger charge is -2.04. The molecule has 0 aromatic carbocycles. The number of aldehydes is 1. The number of aromatic amines is 1. The van der Waals surface area contributed by atoms with Crippen LogP contribution in [0, 0.1) is 6.92 Å². The van der Waals surface area contributed by atoms with E-state index in [-0.39, 0.29) is 24.9 Å². The van der Waals surface area contributed by atoms with E-state index in [1.807, 2.05) is 6.92 Å². The predicted octanol–water partition coefficient (Wildman–Crippen LogP) is 2.77. The van der Waals surface area contributed by atoms with E-state index in [1.54, 1.807) is 19.1 Å². The van der Waals surface area contributed by atoms with E-state index in [2.05, 4.69) is 23.5 Å². The molecule has 0 atom stereocenters. The maximum absolute atomic E-state index is 11.8. The predicted molar refractivity (Wildman–Crippen MR) is 99.4 cm³/mol. The summed E-state index contributed by atoms with van der Waals surface area (Å²) in [7, 11) is 0. The maximum atomic E-state index is 11.8. The summed E-state index contributed by atoms with van der Waals surface area (Å²) in [6.45, 7) is 11.0. The number of esters is 1. The van der Waals surface area contributed by atoms with Crippen molar-refractivity contribution >= 4 is 24.2 Å². The topological polar surface area (TPSA) is 88.3 Å². The number of H-pyrrole nitrogens is 1. The standard InChI is InChI=1S/C20H22N2O4/c1-5-9-26-19(24)8-7-15-12(3)16(21-18(15)11-23)10-17-14(6-2)13(4)20(25)22-17/h5-6,10-11,21H,1-2,7-9H2,3-4H3,(H,22,25)/b17-10-. The first-order chi connectivity index (χ1) is 12.4. The summed E-state index contributed by atoms with van der Waals surface area (Å²) in [5, 5.41) is 2.79. The number of amides is 1. The van der Waals surface area contributed by atoms with Gasteiger partial charge in [-0.2, -0.15) is 0 Å².